The Morgan fingerprint density at radius 3 is 2.67 bits per heavy atom. The van der Waals surface area contributed by atoms with Crippen molar-refractivity contribution >= 4 is 22.5 Å². The van der Waals surface area contributed by atoms with Gasteiger partial charge in [-0.25, -0.2) is 0 Å². The maximum Gasteiger partial charge on any atom is 0.341 e. The first kappa shape index (κ1) is 20.7. The van der Waals surface area contributed by atoms with E-state index in [4.69, 9.17) is 20.7 Å². The van der Waals surface area contributed by atoms with Gasteiger partial charge < -0.3 is 9.26 Å². The molecule has 1 fully saturated rings. The quantitative estimate of drug-likeness (QED) is 0.267. The van der Waals surface area contributed by atoms with Crippen molar-refractivity contribution in [3.8, 4) is 17.1 Å². The van der Waals surface area contributed by atoms with Gasteiger partial charge in [-0.2, -0.15) is 4.98 Å². The number of hydrogen-bond acceptors (Lipinski definition) is 5. The van der Waals surface area contributed by atoms with E-state index in [0.717, 1.165) is 35.7 Å². The molecule has 8 nitrogen and oxygen atoms in total. The molecule has 4 N–H and O–H groups in total. The monoisotopic (exact) mass is 442 g/mol. The lowest BCUT2D eigenvalue weighted by Gasteiger charge is -2.08. The molecule has 1 saturated heterocycles. The van der Waals surface area contributed by atoms with Crippen LogP contribution in [0.4, 0.5) is 0 Å². The number of benzene rings is 3. The Morgan fingerprint density at radius 2 is 1.85 bits per heavy atom. The van der Waals surface area contributed by atoms with Crippen LogP contribution in [0.1, 0.15) is 35.1 Å². The molecule has 5 rings (SSSR count). The number of carbonyl (C=O) groups excluding carboxylic acids is 1. The van der Waals surface area contributed by atoms with E-state index in [0.29, 0.717) is 23.0 Å². The van der Waals surface area contributed by atoms with Crippen LogP contribution in [-0.4, -0.2) is 39.6 Å². The predicted molar refractivity (Wildman–Crippen MR) is 124 cm³/mol. The average Bonchev–Trinajstić information content (AvgIpc) is 3.52. The molecule has 3 aromatic carbocycles. The Balaban J connectivity index is 1.32. The largest absolute Gasteiger partial charge is 0.485 e. The molecule has 1 aliphatic heterocycles. The van der Waals surface area contributed by atoms with Gasteiger partial charge in [-0.1, -0.05) is 53.7 Å². The Bertz CT molecular complexity index is 1340. The van der Waals surface area contributed by atoms with E-state index in [1.54, 1.807) is 12.1 Å². The van der Waals surface area contributed by atoms with Crippen LogP contribution in [0, 0.1) is 0 Å². The summed E-state index contributed by atoms with van der Waals surface area (Å²) in [4.78, 5) is 16.9. The fourth-order valence-electron chi connectivity index (χ4n) is 4.13. The number of nitrogens with two attached hydrogens (primary N) is 2. The first-order valence-electron chi connectivity index (χ1n) is 10.8. The molecular weight excluding hydrogens is 418 g/mol. The highest BCUT2D eigenvalue weighted by atomic mass is 16.5. The van der Waals surface area contributed by atoms with Gasteiger partial charge in [0.25, 0.3) is 5.89 Å². The molecule has 0 aliphatic carbocycles. The summed E-state index contributed by atoms with van der Waals surface area (Å²) in [7, 11) is 0. The minimum atomic E-state index is -0.0880. The molecule has 1 aliphatic rings. The van der Waals surface area contributed by atoms with Crippen LogP contribution < -0.4 is 16.2 Å². The summed E-state index contributed by atoms with van der Waals surface area (Å²) in [5.41, 5.74) is 13.1. The second-order valence-electron chi connectivity index (χ2n) is 8.03. The van der Waals surface area contributed by atoms with Crippen LogP contribution in [0.3, 0.4) is 0 Å². The van der Waals surface area contributed by atoms with Gasteiger partial charge in [0, 0.05) is 11.1 Å². The number of ketones is 1. The van der Waals surface area contributed by atoms with Crippen LogP contribution in [0.25, 0.3) is 22.2 Å². The van der Waals surface area contributed by atoms with Gasteiger partial charge in [0.2, 0.25) is 5.82 Å². The molecule has 4 aromatic rings. The maximum atomic E-state index is 12.3. The smallest absolute Gasteiger partial charge is 0.341 e. The van der Waals surface area contributed by atoms with Gasteiger partial charge in [-0.15, -0.1) is 0 Å². The van der Waals surface area contributed by atoms with Gasteiger partial charge in [0.1, 0.15) is 5.75 Å². The molecule has 0 unspecified atom stereocenters. The Kier molecular flexibility index (Phi) is 5.48. The van der Waals surface area contributed by atoms with Crippen molar-refractivity contribution in [1.29, 1.82) is 0 Å². The van der Waals surface area contributed by atoms with E-state index >= 15 is 0 Å². The van der Waals surface area contributed by atoms with Crippen molar-refractivity contribution in [1.82, 2.24) is 10.1 Å². The molecule has 8 heteroatoms. The summed E-state index contributed by atoms with van der Waals surface area (Å²) in [6.07, 6.45) is 1.84. The highest BCUT2D eigenvalue weighted by molar-refractivity contribution is 5.97. The predicted octanol–water partition coefficient (Wildman–Crippen LogP) is 3.27. The number of guanidine groups is 1. The fraction of sp³-hybridized carbons (Fsp3) is 0.200. The molecule has 1 atom stereocenters. The minimum absolute atomic E-state index is 0.0117. The molecule has 0 saturated carbocycles. The van der Waals surface area contributed by atoms with E-state index in [2.05, 4.69) is 10.1 Å². The summed E-state index contributed by atoms with van der Waals surface area (Å²) in [6.45, 7) is 0.768. The first-order valence-corrected chi connectivity index (χ1v) is 10.8. The third-order valence-corrected chi connectivity index (χ3v) is 5.85. The lowest BCUT2D eigenvalue weighted by molar-refractivity contribution is -0.555. The second kappa shape index (κ2) is 8.74. The summed E-state index contributed by atoms with van der Waals surface area (Å²) in [6, 6.07) is 20.6. The second-order valence-corrected chi connectivity index (χ2v) is 8.03. The SMILES string of the molecule is NC(N)=[N+]1CCC[C@H]1c1nc(-c2ccc3cc(OCC(=O)c4ccccc4)ccc3c2)no1. The molecule has 33 heavy (non-hydrogen) atoms. The van der Waals surface area contributed by atoms with E-state index in [1.165, 1.54) is 0 Å². The van der Waals surface area contributed by atoms with Crippen molar-refractivity contribution in [2.24, 2.45) is 11.5 Å². The Hall–Kier alpha value is -4.20. The number of hydrogen-bond donors (Lipinski definition) is 2. The van der Waals surface area contributed by atoms with E-state index in [-0.39, 0.29) is 24.4 Å². The van der Waals surface area contributed by atoms with Crippen LogP contribution in [0.5, 0.6) is 5.75 Å². The van der Waals surface area contributed by atoms with Gasteiger partial charge in [0.05, 0.1) is 6.54 Å². The lowest BCUT2D eigenvalue weighted by atomic mass is 10.1. The standard InChI is InChI=1S/C25H23N5O3/c26-25(27)30-12-4-7-21(30)24-28-23(29-33-24)19-9-8-18-14-20(11-10-17(18)13-19)32-15-22(31)16-5-2-1-3-6-16/h1-3,5-6,8-11,13-14,21H,4,7,12,15H2,(H3,26,27)/p+1/t21-/m0/s1. The van der Waals surface area contributed by atoms with Crippen LogP contribution in [-0.2, 0) is 0 Å². The van der Waals surface area contributed by atoms with Crippen molar-refractivity contribution in [2.45, 2.75) is 18.9 Å². The van der Waals surface area contributed by atoms with Gasteiger partial charge in [-0.05, 0) is 41.8 Å². The Morgan fingerprint density at radius 1 is 1.06 bits per heavy atom. The summed E-state index contributed by atoms with van der Waals surface area (Å²) >= 11 is 0. The molecule has 2 heterocycles. The zero-order valence-electron chi connectivity index (χ0n) is 18.0. The summed E-state index contributed by atoms with van der Waals surface area (Å²) in [5, 5.41) is 6.15. The van der Waals surface area contributed by atoms with Crippen molar-refractivity contribution in [3.63, 3.8) is 0 Å². The van der Waals surface area contributed by atoms with Crippen molar-refractivity contribution in [2.75, 3.05) is 13.2 Å². The topological polar surface area (TPSA) is 120 Å². The highest BCUT2D eigenvalue weighted by Crippen LogP contribution is 2.30. The number of rotatable bonds is 6. The molecule has 0 amide bonds. The van der Waals surface area contributed by atoms with E-state index in [9.17, 15) is 4.79 Å². The number of ether oxygens (including phenoxy) is 1. The lowest BCUT2D eigenvalue weighted by Crippen LogP contribution is -2.35. The Labute approximate surface area is 190 Å². The number of aromatic nitrogens is 2. The van der Waals surface area contributed by atoms with E-state index in [1.807, 2.05) is 59.2 Å². The highest BCUT2D eigenvalue weighted by Gasteiger charge is 2.31. The van der Waals surface area contributed by atoms with Gasteiger partial charge >= 0.3 is 5.96 Å². The van der Waals surface area contributed by atoms with Crippen molar-refractivity contribution < 1.29 is 18.6 Å². The molecule has 1 aromatic heterocycles. The molecular formula is C25H24N5O3+. The molecule has 0 radical (unpaired) electrons. The van der Waals surface area contributed by atoms with Crippen LogP contribution in [0.2, 0.25) is 0 Å². The zero-order valence-corrected chi connectivity index (χ0v) is 18.0. The molecule has 166 valence electrons. The summed E-state index contributed by atoms with van der Waals surface area (Å²) < 4.78 is 13.1. The number of nitrogens with zero attached hydrogens (tertiary/aromatic N) is 3. The van der Waals surface area contributed by atoms with Gasteiger partial charge in [0.15, 0.2) is 18.4 Å². The van der Waals surface area contributed by atoms with Crippen LogP contribution >= 0.6 is 0 Å². The normalized spacial score (nSPS) is 15.6. The minimum Gasteiger partial charge on any atom is -0.485 e. The van der Waals surface area contributed by atoms with E-state index < -0.39 is 0 Å². The number of Topliss-reactive ketones (excluding diaryl/α,β-unsaturated/α-hetero) is 1. The fourth-order valence-corrected chi connectivity index (χ4v) is 4.13. The van der Waals surface area contributed by atoms with Gasteiger partial charge in [-0.3, -0.25) is 20.8 Å². The molecule has 0 bridgehead atoms. The first-order chi connectivity index (χ1) is 16.1. The third-order valence-electron chi connectivity index (χ3n) is 5.85. The average molecular weight is 442 g/mol. The number of fused-ring (bicyclic) bond motifs is 1. The van der Waals surface area contributed by atoms with Crippen LogP contribution in [0.15, 0.2) is 71.3 Å². The van der Waals surface area contributed by atoms with Crippen molar-refractivity contribution in [3.05, 3.63) is 78.2 Å². The zero-order chi connectivity index (χ0) is 22.8. The molecule has 0 spiro atoms. The summed E-state index contributed by atoms with van der Waals surface area (Å²) in [5.74, 6) is 1.88. The third kappa shape index (κ3) is 4.27. The number of carbonyl (C=O) groups is 1. The maximum absolute atomic E-state index is 12.3.